The molecule has 0 fully saturated rings. The molecule has 0 radical (unpaired) electrons. The van der Waals surface area contributed by atoms with Crippen molar-refractivity contribution in [3.05, 3.63) is 95.6 Å². The molecule has 0 aromatic heterocycles. The highest BCUT2D eigenvalue weighted by Crippen LogP contribution is 2.29. The standard InChI is InChI=1S/C21H16N2O3S/c1-27(24,25)26-23-21-13-12-18(14-19(21)16-8-4-2-5-9-16)20(15-22)17-10-6-3-7-11-17/h2-14H,1H3. The zero-order valence-corrected chi connectivity index (χ0v) is 15.3. The van der Waals surface area contributed by atoms with E-state index in [0.29, 0.717) is 22.4 Å². The minimum absolute atomic E-state index is 0.362. The number of hydrogen-bond donors (Lipinski definition) is 0. The van der Waals surface area contributed by atoms with E-state index in [1.807, 2.05) is 66.7 Å². The van der Waals surface area contributed by atoms with Gasteiger partial charge in [0.1, 0.15) is 11.8 Å². The summed E-state index contributed by atoms with van der Waals surface area (Å²) < 4.78 is 27.2. The van der Waals surface area contributed by atoms with E-state index in [-0.39, 0.29) is 0 Å². The second kappa shape index (κ2) is 7.85. The highest BCUT2D eigenvalue weighted by Gasteiger charge is 2.17. The van der Waals surface area contributed by atoms with Crippen molar-refractivity contribution < 1.29 is 12.7 Å². The molecule has 2 aromatic carbocycles. The van der Waals surface area contributed by atoms with Crippen molar-refractivity contribution in [3.63, 3.8) is 0 Å². The van der Waals surface area contributed by atoms with E-state index >= 15 is 0 Å². The molecule has 6 heteroatoms. The lowest BCUT2D eigenvalue weighted by molar-refractivity contribution is 0.344. The lowest BCUT2D eigenvalue weighted by Gasteiger charge is -2.14. The van der Waals surface area contributed by atoms with Crippen LogP contribution >= 0.6 is 0 Å². The van der Waals surface area contributed by atoms with Gasteiger partial charge in [-0.3, -0.25) is 4.28 Å². The third-order valence-corrected chi connectivity index (χ3v) is 4.16. The molecule has 0 atom stereocenters. The van der Waals surface area contributed by atoms with E-state index in [1.54, 1.807) is 12.2 Å². The summed E-state index contributed by atoms with van der Waals surface area (Å²) in [5.41, 5.74) is 3.89. The largest absolute Gasteiger partial charge is 0.325 e. The van der Waals surface area contributed by atoms with E-state index in [2.05, 4.69) is 15.5 Å². The molecule has 134 valence electrons. The topological polar surface area (TPSA) is 79.5 Å². The summed E-state index contributed by atoms with van der Waals surface area (Å²) in [6.07, 6.45) is 6.11. The van der Waals surface area contributed by atoms with Crippen molar-refractivity contribution in [1.29, 1.82) is 5.26 Å². The molecule has 27 heavy (non-hydrogen) atoms. The molecular formula is C21H16N2O3S. The van der Waals surface area contributed by atoms with Gasteiger partial charge in [-0.2, -0.15) is 13.7 Å². The quantitative estimate of drug-likeness (QED) is 0.598. The Balaban J connectivity index is 2.14. The van der Waals surface area contributed by atoms with Crippen molar-refractivity contribution in [1.82, 2.24) is 0 Å². The second-order valence-electron chi connectivity index (χ2n) is 5.82. The molecule has 0 bridgehead atoms. The van der Waals surface area contributed by atoms with Gasteiger partial charge in [-0.1, -0.05) is 71.9 Å². The fourth-order valence-electron chi connectivity index (χ4n) is 2.63. The van der Waals surface area contributed by atoms with Crippen LogP contribution in [-0.4, -0.2) is 20.4 Å². The molecule has 0 N–H and O–H groups in total. The number of nitriles is 1. The van der Waals surface area contributed by atoms with Crippen LogP contribution in [-0.2, 0) is 14.4 Å². The van der Waals surface area contributed by atoms with E-state index < -0.39 is 10.1 Å². The van der Waals surface area contributed by atoms with Crippen LogP contribution in [0.15, 0.2) is 89.6 Å². The van der Waals surface area contributed by atoms with Crippen molar-refractivity contribution in [3.8, 4) is 6.07 Å². The first-order chi connectivity index (χ1) is 13.0. The normalized spacial score (nSPS) is 17.2. The predicted octanol–water partition coefficient (Wildman–Crippen LogP) is 3.95. The molecule has 0 amide bonds. The third kappa shape index (κ3) is 4.60. The highest BCUT2D eigenvalue weighted by atomic mass is 32.2. The van der Waals surface area contributed by atoms with Crippen molar-refractivity contribution in [2.45, 2.75) is 0 Å². The van der Waals surface area contributed by atoms with Crippen LogP contribution in [0.5, 0.6) is 0 Å². The van der Waals surface area contributed by atoms with Gasteiger partial charge in [-0.15, -0.1) is 0 Å². The molecule has 2 aromatic rings. The van der Waals surface area contributed by atoms with Gasteiger partial charge >= 0.3 is 10.1 Å². The summed E-state index contributed by atoms with van der Waals surface area (Å²) in [6, 6.07) is 21.0. The van der Waals surface area contributed by atoms with Gasteiger partial charge < -0.3 is 0 Å². The summed E-state index contributed by atoms with van der Waals surface area (Å²) in [5, 5.41) is 13.4. The summed E-state index contributed by atoms with van der Waals surface area (Å²) in [7, 11) is -3.72. The van der Waals surface area contributed by atoms with E-state index in [9.17, 15) is 13.7 Å². The summed E-state index contributed by atoms with van der Waals surface area (Å²) in [4.78, 5) is 0. The number of oxime groups is 1. The molecule has 1 aliphatic rings. The summed E-state index contributed by atoms with van der Waals surface area (Å²) >= 11 is 0. The average molecular weight is 376 g/mol. The zero-order valence-electron chi connectivity index (χ0n) is 14.5. The first-order valence-corrected chi connectivity index (χ1v) is 9.91. The van der Waals surface area contributed by atoms with Crippen LogP contribution in [0.3, 0.4) is 0 Å². The van der Waals surface area contributed by atoms with Crippen molar-refractivity contribution in [2.75, 3.05) is 6.26 Å². The average Bonchev–Trinajstić information content (AvgIpc) is 2.68. The number of benzene rings is 2. The Hall–Kier alpha value is -3.43. The third-order valence-electron chi connectivity index (χ3n) is 3.82. The summed E-state index contributed by atoms with van der Waals surface area (Å²) in [6.45, 7) is 0. The van der Waals surface area contributed by atoms with Crippen LogP contribution in [0, 0.1) is 11.3 Å². The molecule has 5 nitrogen and oxygen atoms in total. The predicted molar refractivity (Wildman–Crippen MR) is 106 cm³/mol. The van der Waals surface area contributed by atoms with Crippen molar-refractivity contribution >= 4 is 27.0 Å². The first kappa shape index (κ1) is 18.4. The zero-order chi connectivity index (χ0) is 19.3. The van der Waals surface area contributed by atoms with Gasteiger partial charge in [-0.25, -0.2) is 0 Å². The molecule has 3 rings (SSSR count). The van der Waals surface area contributed by atoms with Gasteiger partial charge in [0.15, 0.2) is 0 Å². The van der Waals surface area contributed by atoms with Gasteiger partial charge in [-0.05, 0) is 28.9 Å². The second-order valence-corrected chi connectivity index (χ2v) is 7.38. The Bertz CT molecular complexity index is 1110. The maximum atomic E-state index is 11.3. The minimum Gasteiger partial charge on any atom is -0.268 e. The SMILES string of the molecule is CS(=O)(=O)ON=C1C=CC(=C(C#N)c2ccccc2)C=C1c1ccccc1. The Morgan fingerprint density at radius 1 is 1.00 bits per heavy atom. The van der Waals surface area contributed by atoms with Crippen LogP contribution in [0.25, 0.3) is 11.1 Å². The van der Waals surface area contributed by atoms with Crippen LogP contribution in [0.4, 0.5) is 0 Å². The number of rotatable bonds is 4. The number of allylic oxidation sites excluding steroid dienone is 6. The lowest BCUT2D eigenvalue weighted by atomic mass is 9.90. The maximum absolute atomic E-state index is 11.3. The van der Waals surface area contributed by atoms with Gasteiger partial charge in [0.05, 0.1) is 11.8 Å². The van der Waals surface area contributed by atoms with E-state index in [0.717, 1.165) is 17.4 Å². The van der Waals surface area contributed by atoms with Crippen molar-refractivity contribution in [2.24, 2.45) is 5.16 Å². The molecule has 0 saturated heterocycles. The highest BCUT2D eigenvalue weighted by molar-refractivity contribution is 7.85. The molecule has 0 saturated carbocycles. The Morgan fingerprint density at radius 2 is 1.63 bits per heavy atom. The van der Waals surface area contributed by atoms with E-state index in [1.165, 1.54) is 0 Å². The fraction of sp³-hybridized carbons (Fsp3) is 0.0476. The van der Waals surface area contributed by atoms with Crippen LogP contribution < -0.4 is 0 Å². The fourth-order valence-corrected chi connectivity index (χ4v) is 2.84. The Kier molecular flexibility index (Phi) is 5.34. The Morgan fingerprint density at radius 3 is 2.22 bits per heavy atom. The molecule has 0 heterocycles. The monoisotopic (exact) mass is 376 g/mol. The first-order valence-electron chi connectivity index (χ1n) is 8.10. The summed E-state index contributed by atoms with van der Waals surface area (Å²) in [5.74, 6) is 0. The molecular weight excluding hydrogens is 360 g/mol. The molecule has 0 spiro atoms. The maximum Gasteiger partial charge on any atom is 0.325 e. The number of nitrogens with zero attached hydrogens (tertiary/aromatic N) is 2. The van der Waals surface area contributed by atoms with Crippen LogP contribution in [0.1, 0.15) is 11.1 Å². The Labute approximate surface area is 158 Å². The smallest absolute Gasteiger partial charge is 0.268 e. The van der Waals surface area contributed by atoms with Crippen LogP contribution in [0.2, 0.25) is 0 Å². The van der Waals surface area contributed by atoms with Gasteiger partial charge in [0.25, 0.3) is 0 Å². The minimum atomic E-state index is -3.72. The van der Waals surface area contributed by atoms with E-state index in [4.69, 9.17) is 0 Å². The van der Waals surface area contributed by atoms with Gasteiger partial charge in [0, 0.05) is 5.57 Å². The molecule has 0 unspecified atom stereocenters. The molecule has 1 aliphatic carbocycles. The van der Waals surface area contributed by atoms with Gasteiger partial charge in [0.2, 0.25) is 0 Å². The lowest BCUT2D eigenvalue weighted by Crippen LogP contribution is -2.07. The number of hydrogen-bond acceptors (Lipinski definition) is 5. The molecule has 0 aliphatic heterocycles.